The van der Waals surface area contributed by atoms with E-state index in [9.17, 15) is 4.39 Å². The van der Waals surface area contributed by atoms with Crippen LogP contribution < -0.4 is 5.32 Å². The number of hydrogen-bond donors (Lipinski definition) is 1. The largest absolute Gasteiger partial charge is 0.443 e. The number of nitrogens with zero attached hydrogens (tertiary/aromatic N) is 1. The maximum Gasteiger partial charge on any atom is 0.195 e. The zero-order valence-corrected chi connectivity index (χ0v) is 6.43. The molecule has 0 spiro atoms. The first-order chi connectivity index (χ1) is 5.36. The zero-order valence-electron chi connectivity index (χ0n) is 6.43. The second-order valence-corrected chi connectivity index (χ2v) is 2.21. The molecule has 1 N–H and O–H groups in total. The maximum absolute atomic E-state index is 11.9. The Morgan fingerprint density at radius 1 is 1.73 bits per heavy atom. The van der Waals surface area contributed by atoms with Crippen LogP contribution in [0.2, 0.25) is 0 Å². The zero-order chi connectivity index (χ0) is 8.10. The van der Waals surface area contributed by atoms with Crippen LogP contribution in [-0.2, 0) is 13.1 Å². The lowest BCUT2D eigenvalue weighted by Gasteiger charge is -1.92. The molecule has 0 bridgehead atoms. The van der Waals surface area contributed by atoms with Gasteiger partial charge in [-0.3, -0.25) is 0 Å². The molecule has 62 valence electrons. The second-order valence-electron chi connectivity index (χ2n) is 2.21. The fraction of sp³-hybridized carbons (Fsp3) is 0.571. The van der Waals surface area contributed by atoms with Crippen LogP contribution in [0.15, 0.2) is 10.6 Å². The highest BCUT2D eigenvalue weighted by Crippen LogP contribution is 2.04. The second kappa shape index (κ2) is 4.08. The predicted octanol–water partition coefficient (Wildman–Crippen LogP) is 0.906. The lowest BCUT2D eigenvalue weighted by Crippen LogP contribution is -2.10. The molecule has 1 rings (SSSR count). The first kappa shape index (κ1) is 8.20. The summed E-state index contributed by atoms with van der Waals surface area (Å²) in [6.45, 7) is 0.221. The summed E-state index contributed by atoms with van der Waals surface area (Å²) in [7, 11) is 1.85. The first-order valence-electron chi connectivity index (χ1n) is 3.51. The maximum atomic E-state index is 11.9. The van der Waals surface area contributed by atoms with E-state index in [4.69, 9.17) is 4.42 Å². The van der Waals surface area contributed by atoms with E-state index in [1.54, 1.807) is 0 Å². The molecule has 3 nitrogen and oxygen atoms in total. The van der Waals surface area contributed by atoms with Crippen LogP contribution in [0.3, 0.4) is 0 Å². The Morgan fingerprint density at radius 2 is 2.55 bits per heavy atom. The van der Waals surface area contributed by atoms with E-state index in [2.05, 4.69) is 10.3 Å². The molecule has 0 saturated carbocycles. The highest BCUT2D eigenvalue weighted by atomic mass is 19.1. The van der Waals surface area contributed by atoms with Crippen LogP contribution >= 0.6 is 0 Å². The average Bonchev–Trinajstić information content (AvgIpc) is 2.48. The third kappa shape index (κ3) is 2.31. The van der Waals surface area contributed by atoms with E-state index < -0.39 is 6.67 Å². The van der Waals surface area contributed by atoms with E-state index >= 15 is 0 Å². The van der Waals surface area contributed by atoms with Gasteiger partial charge in [0.1, 0.15) is 6.67 Å². The fourth-order valence-electron chi connectivity index (χ4n) is 0.757. The van der Waals surface area contributed by atoms with Crippen molar-refractivity contribution >= 4 is 0 Å². The summed E-state index contributed by atoms with van der Waals surface area (Å²) in [6, 6.07) is 0. The minimum Gasteiger partial charge on any atom is -0.443 e. The number of halogens is 1. The van der Waals surface area contributed by atoms with Gasteiger partial charge in [0.2, 0.25) is 0 Å². The Labute approximate surface area is 64.6 Å². The van der Waals surface area contributed by atoms with Gasteiger partial charge in [-0.1, -0.05) is 0 Å². The molecule has 1 heterocycles. The summed E-state index contributed by atoms with van der Waals surface area (Å²) < 4.78 is 16.9. The minimum atomic E-state index is -0.577. The molecule has 0 atom stereocenters. The van der Waals surface area contributed by atoms with Crippen molar-refractivity contribution in [3.05, 3.63) is 17.8 Å². The summed E-state index contributed by atoms with van der Waals surface area (Å²) in [6.07, 6.45) is 2.13. The molecule has 0 amide bonds. The van der Waals surface area contributed by atoms with E-state index in [1.165, 1.54) is 6.20 Å². The number of rotatable bonds is 4. The molecule has 1 aromatic rings. The van der Waals surface area contributed by atoms with E-state index in [0.717, 1.165) is 6.54 Å². The van der Waals surface area contributed by atoms with Gasteiger partial charge >= 0.3 is 0 Å². The van der Waals surface area contributed by atoms with Crippen LogP contribution in [-0.4, -0.2) is 18.6 Å². The molecule has 4 heteroatoms. The molecule has 0 unspecified atom stereocenters. The number of aromatic nitrogens is 1. The molecular formula is C7H11FN2O. The van der Waals surface area contributed by atoms with Gasteiger partial charge in [0.15, 0.2) is 11.7 Å². The Morgan fingerprint density at radius 3 is 3.09 bits per heavy atom. The van der Waals surface area contributed by atoms with Crippen LogP contribution in [0.1, 0.15) is 11.7 Å². The van der Waals surface area contributed by atoms with Crippen molar-refractivity contribution in [1.29, 1.82) is 0 Å². The van der Waals surface area contributed by atoms with Gasteiger partial charge in [0.05, 0.1) is 6.20 Å². The number of oxazole rings is 1. The minimum absolute atomic E-state index is 0.302. The van der Waals surface area contributed by atoms with Crippen LogP contribution in [0.5, 0.6) is 0 Å². The summed E-state index contributed by atoms with van der Waals surface area (Å²) in [5, 5.41) is 2.95. The summed E-state index contributed by atoms with van der Waals surface area (Å²) in [4.78, 5) is 3.88. The third-order valence-corrected chi connectivity index (χ3v) is 1.32. The summed E-state index contributed by atoms with van der Waals surface area (Å²) in [5.41, 5.74) is 0. The molecule has 0 aliphatic carbocycles. The smallest absolute Gasteiger partial charge is 0.195 e. The van der Waals surface area contributed by atoms with Gasteiger partial charge in [0.25, 0.3) is 0 Å². The fourth-order valence-corrected chi connectivity index (χ4v) is 0.757. The van der Waals surface area contributed by atoms with Crippen molar-refractivity contribution in [2.45, 2.75) is 13.1 Å². The van der Waals surface area contributed by atoms with Gasteiger partial charge < -0.3 is 9.73 Å². The van der Waals surface area contributed by atoms with Gasteiger partial charge in [-0.05, 0) is 7.05 Å². The van der Waals surface area contributed by atoms with Crippen molar-refractivity contribution in [3.63, 3.8) is 0 Å². The van der Waals surface area contributed by atoms with Crippen molar-refractivity contribution in [1.82, 2.24) is 10.3 Å². The Balaban J connectivity index is 2.44. The van der Waals surface area contributed by atoms with Crippen molar-refractivity contribution < 1.29 is 8.81 Å². The third-order valence-electron chi connectivity index (χ3n) is 1.32. The Bertz CT molecular complexity index is 212. The lowest BCUT2D eigenvalue weighted by molar-refractivity contribution is 0.373. The normalized spacial score (nSPS) is 10.4. The number of hydrogen-bond acceptors (Lipinski definition) is 3. The predicted molar refractivity (Wildman–Crippen MR) is 38.9 cm³/mol. The van der Waals surface area contributed by atoms with E-state index in [-0.39, 0.29) is 0 Å². The van der Waals surface area contributed by atoms with Crippen molar-refractivity contribution in [3.8, 4) is 0 Å². The van der Waals surface area contributed by atoms with Gasteiger partial charge in [-0.2, -0.15) is 0 Å². The van der Waals surface area contributed by atoms with E-state index in [0.29, 0.717) is 18.1 Å². The van der Waals surface area contributed by atoms with Crippen LogP contribution in [0.4, 0.5) is 4.39 Å². The van der Waals surface area contributed by atoms with Gasteiger partial charge in [0, 0.05) is 13.0 Å². The lowest BCUT2D eigenvalue weighted by atomic mass is 10.4. The SMILES string of the molecule is CNCCc1ncc(CF)o1. The number of alkyl halides is 1. The average molecular weight is 158 g/mol. The molecule has 1 aromatic heterocycles. The molecule has 0 aliphatic heterocycles. The molecule has 0 saturated heterocycles. The number of likely N-dealkylation sites (N-methyl/N-ethyl adjacent to an activating group) is 1. The molecule has 0 aromatic carbocycles. The van der Waals surface area contributed by atoms with Crippen LogP contribution in [0, 0.1) is 0 Å². The highest BCUT2D eigenvalue weighted by molar-refractivity contribution is 4.92. The van der Waals surface area contributed by atoms with E-state index in [1.807, 2.05) is 7.05 Å². The summed E-state index contributed by atoms with van der Waals surface area (Å²) >= 11 is 0. The number of nitrogens with one attached hydrogen (secondary N) is 1. The van der Waals surface area contributed by atoms with Crippen molar-refractivity contribution in [2.75, 3.05) is 13.6 Å². The van der Waals surface area contributed by atoms with Crippen LogP contribution in [0.25, 0.3) is 0 Å². The highest BCUT2D eigenvalue weighted by Gasteiger charge is 2.01. The molecule has 0 fully saturated rings. The van der Waals surface area contributed by atoms with Gasteiger partial charge in [-0.25, -0.2) is 9.37 Å². The summed E-state index contributed by atoms with van der Waals surface area (Å²) in [5.74, 6) is 0.892. The first-order valence-corrected chi connectivity index (χ1v) is 3.51. The van der Waals surface area contributed by atoms with Crippen molar-refractivity contribution in [2.24, 2.45) is 0 Å². The topological polar surface area (TPSA) is 38.1 Å². The Kier molecular flexibility index (Phi) is 3.04. The monoisotopic (exact) mass is 158 g/mol. The molecule has 0 radical (unpaired) electrons. The Hall–Kier alpha value is -0.900. The standard InChI is InChI=1S/C7H11FN2O/c1-9-3-2-7-10-5-6(4-8)11-7/h5,9H,2-4H2,1H3. The molecular weight excluding hydrogens is 147 g/mol. The molecule has 0 aliphatic rings. The quantitative estimate of drug-likeness (QED) is 0.707. The van der Waals surface area contributed by atoms with Gasteiger partial charge in [-0.15, -0.1) is 0 Å². The molecule has 11 heavy (non-hydrogen) atoms.